The highest BCUT2D eigenvalue weighted by Crippen LogP contribution is 1.95. The lowest BCUT2D eigenvalue weighted by Gasteiger charge is -2.07. The number of ketones is 1. The minimum absolute atomic E-state index is 0.215. The molecular weight excluding hydrogens is 128 g/mol. The molecule has 0 aromatic heterocycles. The minimum atomic E-state index is 0.215. The van der Waals surface area contributed by atoms with Gasteiger partial charge in [-0.25, -0.2) is 0 Å². The Balaban J connectivity index is 2.07. The van der Waals surface area contributed by atoms with E-state index < -0.39 is 0 Å². The van der Waals surface area contributed by atoms with Crippen LogP contribution in [0.3, 0.4) is 0 Å². The quantitative estimate of drug-likeness (QED) is 0.559. The average molecular weight is 142 g/mol. The van der Waals surface area contributed by atoms with Crippen LogP contribution in [0, 0.1) is 0 Å². The minimum Gasteiger partial charge on any atom is -0.315 e. The van der Waals surface area contributed by atoms with Gasteiger partial charge in [0, 0.05) is 12.6 Å². The zero-order valence-electron chi connectivity index (χ0n) is 6.31. The average Bonchev–Trinajstić information content (AvgIpc) is 2.34. The maximum Gasteiger partial charge on any atom is 0.143 e. The molecule has 1 heterocycles. The molecule has 0 aromatic rings. The molecule has 0 bridgehead atoms. The van der Waals surface area contributed by atoms with Crippen LogP contribution >= 0.6 is 0 Å². The van der Waals surface area contributed by atoms with Crippen molar-refractivity contribution in [2.24, 2.45) is 0 Å². The van der Waals surface area contributed by atoms with E-state index in [0.717, 1.165) is 19.5 Å². The zero-order valence-corrected chi connectivity index (χ0v) is 6.31. The first kappa shape index (κ1) is 7.69. The number of hydrogen-bond acceptors (Lipinski definition) is 3. The highest BCUT2D eigenvalue weighted by molar-refractivity contribution is 5.77. The van der Waals surface area contributed by atoms with Crippen LogP contribution in [0.25, 0.3) is 0 Å². The van der Waals surface area contributed by atoms with E-state index in [0.29, 0.717) is 12.6 Å². The molecule has 0 aromatic carbocycles. The van der Waals surface area contributed by atoms with Gasteiger partial charge < -0.3 is 10.6 Å². The second-order valence-electron chi connectivity index (χ2n) is 2.77. The normalized spacial score (nSPS) is 25.1. The van der Waals surface area contributed by atoms with Crippen molar-refractivity contribution in [1.82, 2.24) is 10.6 Å². The van der Waals surface area contributed by atoms with Crippen molar-refractivity contribution < 1.29 is 4.79 Å². The molecule has 58 valence electrons. The first-order valence-electron chi connectivity index (χ1n) is 3.72. The third-order valence-electron chi connectivity index (χ3n) is 1.70. The van der Waals surface area contributed by atoms with Gasteiger partial charge in [-0.3, -0.25) is 4.79 Å². The second kappa shape index (κ2) is 3.68. The molecule has 0 spiro atoms. The largest absolute Gasteiger partial charge is 0.315 e. The van der Waals surface area contributed by atoms with Gasteiger partial charge in [0.25, 0.3) is 0 Å². The van der Waals surface area contributed by atoms with Gasteiger partial charge in [-0.2, -0.15) is 0 Å². The monoisotopic (exact) mass is 142 g/mol. The van der Waals surface area contributed by atoms with Crippen molar-refractivity contribution in [3.05, 3.63) is 0 Å². The summed E-state index contributed by atoms with van der Waals surface area (Å²) < 4.78 is 0. The summed E-state index contributed by atoms with van der Waals surface area (Å²) in [5.41, 5.74) is 0. The summed E-state index contributed by atoms with van der Waals surface area (Å²) in [5.74, 6) is 0.215. The summed E-state index contributed by atoms with van der Waals surface area (Å²) >= 11 is 0. The van der Waals surface area contributed by atoms with Gasteiger partial charge in [0.1, 0.15) is 5.78 Å². The van der Waals surface area contributed by atoms with Crippen LogP contribution in [0.1, 0.15) is 13.3 Å². The van der Waals surface area contributed by atoms with E-state index in [9.17, 15) is 4.79 Å². The number of carbonyl (C=O) groups excluding carboxylic acids is 1. The van der Waals surface area contributed by atoms with Crippen LogP contribution in [-0.2, 0) is 4.79 Å². The smallest absolute Gasteiger partial charge is 0.143 e. The van der Waals surface area contributed by atoms with Gasteiger partial charge in [0.05, 0.1) is 6.54 Å². The lowest BCUT2D eigenvalue weighted by molar-refractivity contribution is -0.116. The third kappa shape index (κ3) is 2.45. The topological polar surface area (TPSA) is 41.1 Å². The van der Waals surface area contributed by atoms with E-state index in [1.165, 1.54) is 0 Å². The van der Waals surface area contributed by atoms with Crippen LogP contribution < -0.4 is 10.6 Å². The van der Waals surface area contributed by atoms with Gasteiger partial charge in [-0.1, -0.05) is 0 Å². The molecule has 0 amide bonds. The van der Waals surface area contributed by atoms with Crippen molar-refractivity contribution in [3.8, 4) is 0 Å². The molecule has 0 aliphatic carbocycles. The van der Waals surface area contributed by atoms with Gasteiger partial charge in [-0.05, 0) is 19.9 Å². The fourth-order valence-corrected chi connectivity index (χ4v) is 1.12. The Morgan fingerprint density at radius 2 is 2.60 bits per heavy atom. The van der Waals surface area contributed by atoms with Gasteiger partial charge in [0.15, 0.2) is 0 Å². The van der Waals surface area contributed by atoms with Crippen molar-refractivity contribution in [1.29, 1.82) is 0 Å². The van der Waals surface area contributed by atoms with E-state index in [2.05, 4.69) is 10.6 Å². The fraction of sp³-hybridized carbons (Fsp3) is 0.857. The Labute approximate surface area is 61.2 Å². The SMILES string of the molecule is CC(=O)CNC1CCNC1. The lowest BCUT2D eigenvalue weighted by atomic mass is 10.2. The first-order chi connectivity index (χ1) is 4.79. The summed E-state index contributed by atoms with van der Waals surface area (Å²) in [6.45, 7) is 4.21. The van der Waals surface area contributed by atoms with Crippen LogP contribution in [0.2, 0.25) is 0 Å². The maximum absolute atomic E-state index is 10.5. The molecule has 3 nitrogen and oxygen atoms in total. The number of rotatable bonds is 3. The molecule has 0 saturated carbocycles. The molecule has 0 radical (unpaired) electrons. The summed E-state index contributed by atoms with van der Waals surface area (Å²) in [6, 6.07) is 0.517. The first-order valence-corrected chi connectivity index (χ1v) is 3.72. The number of carbonyl (C=O) groups is 1. The molecular formula is C7H14N2O. The Kier molecular flexibility index (Phi) is 2.83. The highest BCUT2D eigenvalue weighted by atomic mass is 16.1. The van der Waals surface area contributed by atoms with E-state index in [1.807, 2.05) is 0 Å². The Bertz CT molecular complexity index is 119. The van der Waals surface area contributed by atoms with Crippen LogP contribution in [0.15, 0.2) is 0 Å². The van der Waals surface area contributed by atoms with E-state index in [-0.39, 0.29) is 5.78 Å². The summed E-state index contributed by atoms with van der Waals surface area (Å²) in [4.78, 5) is 10.5. The number of hydrogen-bond donors (Lipinski definition) is 2. The molecule has 1 aliphatic heterocycles. The second-order valence-corrected chi connectivity index (χ2v) is 2.77. The molecule has 1 saturated heterocycles. The van der Waals surface area contributed by atoms with Gasteiger partial charge in [0.2, 0.25) is 0 Å². The van der Waals surface area contributed by atoms with Crippen molar-refractivity contribution in [2.45, 2.75) is 19.4 Å². The summed E-state index contributed by atoms with van der Waals surface area (Å²) in [5, 5.41) is 6.39. The van der Waals surface area contributed by atoms with Crippen LogP contribution in [-0.4, -0.2) is 31.5 Å². The molecule has 3 heteroatoms. The molecule has 1 unspecified atom stereocenters. The highest BCUT2D eigenvalue weighted by Gasteiger charge is 2.12. The molecule has 1 rings (SSSR count). The van der Waals surface area contributed by atoms with Gasteiger partial charge in [-0.15, -0.1) is 0 Å². The number of nitrogens with one attached hydrogen (secondary N) is 2. The number of Topliss-reactive ketones (excluding diaryl/α,β-unsaturated/α-hetero) is 1. The molecule has 10 heavy (non-hydrogen) atoms. The summed E-state index contributed by atoms with van der Waals surface area (Å²) in [6.07, 6.45) is 1.15. The van der Waals surface area contributed by atoms with Crippen LogP contribution in [0.4, 0.5) is 0 Å². The Hall–Kier alpha value is -0.410. The molecule has 2 N–H and O–H groups in total. The fourth-order valence-electron chi connectivity index (χ4n) is 1.12. The zero-order chi connectivity index (χ0) is 7.40. The van der Waals surface area contributed by atoms with E-state index in [1.54, 1.807) is 6.92 Å². The van der Waals surface area contributed by atoms with Crippen molar-refractivity contribution >= 4 is 5.78 Å². The standard InChI is InChI=1S/C7H14N2O/c1-6(10)4-9-7-2-3-8-5-7/h7-9H,2-5H2,1H3. The van der Waals surface area contributed by atoms with E-state index >= 15 is 0 Å². The van der Waals surface area contributed by atoms with Gasteiger partial charge >= 0.3 is 0 Å². The van der Waals surface area contributed by atoms with Crippen molar-refractivity contribution in [3.63, 3.8) is 0 Å². The molecule has 1 fully saturated rings. The predicted octanol–water partition coefficient (Wildman–Crippen LogP) is -0.473. The summed E-state index contributed by atoms with van der Waals surface area (Å²) in [7, 11) is 0. The Morgan fingerprint density at radius 3 is 3.10 bits per heavy atom. The Morgan fingerprint density at radius 1 is 1.80 bits per heavy atom. The van der Waals surface area contributed by atoms with Crippen molar-refractivity contribution in [2.75, 3.05) is 19.6 Å². The molecule has 1 atom stereocenters. The third-order valence-corrected chi connectivity index (χ3v) is 1.70. The molecule has 1 aliphatic rings. The maximum atomic E-state index is 10.5. The van der Waals surface area contributed by atoms with E-state index in [4.69, 9.17) is 0 Å². The van der Waals surface area contributed by atoms with Crippen LogP contribution in [0.5, 0.6) is 0 Å². The predicted molar refractivity (Wildman–Crippen MR) is 40.0 cm³/mol. The lowest BCUT2D eigenvalue weighted by Crippen LogP contribution is -2.34.